The van der Waals surface area contributed by atoms with Gasteiger partial charge in [0.15, 0.2) is 0 Å². The lowest BCUT2D eigenvalue weighted by molar-refractivity contribution is -0.159. The Morgan fingerprint density at radius 1 is 1.12 bits per heavy atom. The van der Waals surface area contributed by atoms with E-state index in [1.165, 1.54) is 6.42 Å². The molecular weight excluding hydrogens is 212 g/mol. The van der Waals surface area contributed by atoms with Crippen LogP contribution in [0.3, 0.4) is 0 Å². The summed E-state index contributed by atoms with van der Waals surface area (Å²) in [4.78, 5) is 11.4. The molecule has 1 aliphatic rings. The van der Waals surface area contributed by atoms with E-state index in [2.05, 4.69) is 34.6 Å². The molecule has 1 fully saturated rings. The average Bonchev–Trinajstić information content (AvgIpc) is 2.14. The molecule has 0 N–H and O–H groups in total. The molecule has 2 heteroatoms. The van der Waals surface area contributed by atoms with Crippen LogP contribution in [0.15, 0.2) is 0 Å². The number of hydrogen-bond acceptors (Lipinski definition) is 2. The van der Waals surface area contributed by atoms with Crippen LogP contribution in [0.4, 0.5) is 0 Å². The van der Waals surface area contributed by atoms with Gasteiger partial charge in [-0.1, -0.05) is 48.0 Å². The largest absolute Gasteiger partial charge is 0.462 e. The van der Waals surface area contributed by atoms with Crippen LogP contribution in [0.1, 0.15) is 67.2 Å². The van der Waals surface area contributed by atoms with Crippen molar-refractivity contribution in [3.63, 3.8) is 0 Å². The van der Waals surface area contributed by atoms with Gasteiger partial charge in [0.25, 0.3) is 0 Å². The second-order valence-electron chi connectivity index (χ2n) is 6.81. The Hall–Kier alpha value is -0.530. The number of carbonyl (C=O) groups is 1. The van der Waals surface area contributed by atoms with Crippen molar-refractivity contribution in [3.05, 3.63) is 0 Å². The highest BCUT2D eigenvalue weighted by Gasteiger charge is 2.47. The van der Waals surface area contributed by atoms with Gasteiger partial charge < -0.3 is 4.74 Å². The number of hydrogen-bond donors (Lipinski definition) is 0. The van der Waals surface area contributed by atoms with Crippen molar-refractivity contribution >= 4 is 5.97 Å². The van der Waals surface area contributed by atoms with Crippen LogP contribution >= 0.6 is 0 Å². The molecule has 17 heavy (non-hydrogen) atoms. The van der Waals surface area contributed by atoms with E-state index < -0.39 is 0 Å². The number of esters is 1. The first-order valence-electron chi connectivity index (χ1n) is 6.92. The number of carbonyl (C=O) groups excluding carboxylic acids is 1. The quantitative estimate of drug-likeness (QED) is 0.692. The molecule has 0 aromatic carbocycles. The molecule has 0 unspecified atom stereocenters. The topological polar surface area (TPSA) is 26.3 Å². The summed E-state index contributed by atoms with van der Waals surface area (Å²) in [7, 11) is 0. The smallest absolute Gasteiger partial charge is 0.305 e. The van der Waals surface area contributed by atoms with E-state index in [1.807, 2.05) is 6.92 Å². The molecule has 0 atom stereocenters. The second kappa shape index (κ2) is 4.99. The van der Waals surface area contributed by atoms with Crippen molar-refractivity contribution in [2.24, 2.45) is 16.7 Å². The van der Waals surface area contributed by atoms with E-state index in [0.29, 0.717) is 12.3 Å². The van der Waals surface area contributed by atoms with Crippen molar-refractivity contribution in [1.82, 2.24) is 0 Å². The van der Waals surface area contributed by atoms with Crippen molar-refractivity contribution < 1.29 is 9.53 Å². The molecule has 0 aliphatic heterocycles. The minimum atomic E-state index is -0.0588. The van der Waals surface area contributed by atoms with Crippen LogP contribution in [0.25, 0.3) is 0 Å². The number of ether oxygens (including phenoxy) is 1. The van der Waals surface area contributed by atoms with Gasteiger partial charge in [0, 0.05) is 6.42 Å². The van der Waals surface area contributed by atoms with Gasteiger partial charge >= 0.3 is 5.97 Å². The maximum atomic E-state index is 11.4. The molecule has 0 aromatic heterocycles. The Morgan fingerprint density at radius 3 is 1.94 bits per heavy atom. The number of rotatable bonds is 3. The standard InChI is InChI=1S/C15H28O2/c1-7-12-14(3,4)9-11(10-15(12,5)6)17-13(16)8-2/h11-12H,7-10H2,1-6H3. The van der Waals surface area contributed by atoms with Crippen molar-refractivity contribution in [2.45, 2.75) is 73.3 Å². The lowest BCUT2D eigenvalue weighted by Crippen LogP contribution is -2.46. The highest BCUT2D eigenvalue weighted by molar-refractivity contribution is 5.69. The lowest BCUT2D eigenvalue weighted by atomic mass is 9.55. The summed E-state index contributed by atoms with van der Waals surface area (Å²) in [6, 6.07) is 0. The molecule has 0 amide bonds. The normalized spacial score (nSPS) is 30.9. The Labute approximate surface area is 106 Å². The zero-order valence-electron chi connectivity index (χ0n) is 12.3. The summed E-state index contributed by atoms with van der Waals surface area (Å²) in [6.45, 7) is 13.4. The third-order valence-corrected chi connectivity index (χ3v) is 4.39. The predicted molar refractivity (Wildman–Crippen MR) is 70.7 cm³/mol. The van der Waals surface area contributed by atoms with Gasteiger partial charge in [-0.25, -0.2) is 0 Å². The van der Waals surface area contributed by atoms with Gasteiger partial charge in [-0.15, -0.1) is 0 Å². The first-order chi connectivity index (χ1) is 7.73. The fourth-order valence-electron chi connectivity index (χ4n) is 4.05. The first kappa shape index (κ1) is 14.5. The highest BCUT2D eigenvalue weighted by atomic mass is 16.5. The summed E-state index contributed by atoms with van der Waals surface area (Å²) < 4.78 is 5.57. The third-order valence-electron chi connectivity index (χ3n) is 4.39. The Kier molecular flexibility index (Phi) is 4.27. The summed E-state index contributed by atoms with van der Waals surface area (Å²) in [5.74, 6) is 0.642. The molecule has 0 radical (unpaired) electrons. The SMILES string of the molecule is CCC(=O)OC1CC(C)(C)C(CC)C(C)(C)C1. The molecule has 0 bridgehead atoms. The van der Waals surface area contributed by atoms with E-state index in [1.54, 1.807) is 0 Å². The van der Waals surface area contributed by atoms with Crippen LogP contribution in [0.5, 0.6) is 0 Å². The molecule has 100 valence electrons. The van der Waals surface area contributed by atoms with Crippen LogP contribution in [0.2, 0.25) is 0 Å². The summed E-state index contributed by atoms with van der Waals surface area (Å²) in [6.07, 6.45) is 3.79. The zero-order valence-corrected chi connectivity index (χ0v) is 12.3. The summed E-state index contributed by atoms with van der Waals surface area (Å²) in [5.41, 5.74) is 0.518. The van der Waals surface area contributed by atoms with E-state index in [9.17, 15) is 4.79 Å². The molecule has 0 heterocycles. The lowest BCUT2D eigenvalue weighted by Gasteiger charge is -2.51. The van der Waals surface area contributed by atoms with E-state index >= 15 is 0 Å². The average molecular weight is 240 g/mol. The molecule has 1 rings (SSSR count). The predicted octanol–water partition coefficient (Wildman–Crippen LogP) is 4.18. The molecule has 0 spiro atoms. The van der Waals surface area contributed by atoms with Gasteiger partial charge in [-0.2, -0.15) is 0 Å². The van der Waals surface area contributed by atoms with E-state index in [0.717, 1.165) is 12.8 Å². The first-order valence-corrected chi connectivity index (χ1v) is 6.92. The van der Waals surface area contributed by atoms with Gasteiger partial charge in [-0.05, 0) is 29.6 Å². The molecule has 1 aliphatic carbocycles. The van der Waals surface area contributed by atoms with Gasteiger partial charge in [0.05, 0.1) is 0 Å². The highest BCUT2D eigenvalue weighted by Crippen LogP contribution is 2.52. The van der Waals surface area contributed by atoms with Gasteiger partial charge in [-0.3, -0.25) is 4.79 Å². The fraction of sp³-hybridized carbons (Fsp3) is 0.933. The third kappa shape index (κ3) is 3.23. The molecule has 0 saturated heterocycles. The summed E-state index contributed by atoms with van der Waals surface area (Å²) in [5, 5.41) is 0. The van der Waals surface area contributed by atoms with Gasteiger partial charge in [0.1, 0.15) is 6.10 Å². The monoisotopic (exact) mass is 240 g/mol. The molecule has 1 saturated carbocycles. The fourth-order valence-corrected chi connectivity index (χ4v) is 4.05. The van der Waals surface area contributed by atoms with Crippen LogP contribution < -0.4 is 0 Å². The Balaban J connectivity index is 2.80. The second-order valence-corrected chi connectivity index (χ2v) is 6.81. The van der Waals surface area contributed by atoms with E-state index in [4.69, 9.17) is 4.74 Å². The maximum absolute atomic E-state index is 11.4. The van der Waals surface area contributed by atoms with Crippen molar-refractivity contribution in [2.75, 3.05) is 0 Å². The Morgan fingerprint density at radius 2 is 1.59 bits per heavy atom. The zero-order chi connectivity index (χ0) is 13.3. The van der Waals surface area contributed by atoms with E-state index in [-0.39, 0.29) is 22.9 Å². The van der Waals surface area contributed by atoms with Gasteiger partial charge in [0.2, 0.25) is 0 Å². The summed E-state index contributed by atoms with van der Waals surface area (Å²) >= 11 is 0. The van der Waals surface area contributed by atoms with Crippen molar-refractivity contribution in [3.8, 4) is 0 Å². The minimum Gasteiger partial charge on any atom is -0.462 e. The van der Waals surface area contributed by atoms with Crippen LogP contribution in [0, 0.1) is 16.7 Å². The van der Waals surface area contributed by atoms with Crippen LogP contribution in [-0.4, -0.2) is 12.1 Å². The molecule has 2 nitrogen and oxygen atoms in total. The molecular formula is C15H28O2. The maximum Gasteiger partial charge on any atom is 0.305 e. The minimum absolute atomic E-state index is 0.0588. The van der Waals surface area contributed by atoms with Crippen LogP contribution in [-0.2, 0) is 9.53 Å². The molecule has 0 aromatic rings. The Bertz CT molecular complexity index is 261. The van der Waals surface area contributed by atoms with Crippen molar-refractivity contribution in [1.29, 1.82) is 0 Å².